The second-order valence-corrected chi connectivity index (χ2v) is 4.55. The van der Waals surface area contributed by atoms with E-state index in [0.717, 1.165) is 29.7 Å². The van der Waals surface area contributed by atoms with Gasteiger partial charge in [0, 0.05) is 11.3 Å². The highest BCUT2D eigenvalue weighted by atomic mass is 16.5. The van der Waals surface area contributed by atoms with Gasteiger partial charge in [-0.2, -0.15) is 0 Å². The number of rotatable bonds is 3. The van der Waals surface area contributed by atoms with E-state index >= 15 is 0 Å². The molecule has 16 heavy (non-hydrogen) atoms. The standard InChI is InChI=1S/C13H19NO2/c1-9-7-10(2)14-13(12(9)8-15)16-11-5-3-4-6-11/h7,11,15H,3-6,8H2,1-2H3. The average molecular weight is 221 g/mol. The highest BCUT2D eigenvalue weighted by molar-refractivity contribution is 5.35. The lowest BCUT2D eigenvalue weighted by Crippen LogP contribution is -2.14. The number of aryl methyl sites for hydroxylation is 2. The van der Waals surface area contributed by atoms with Crippen LogP contribution >= 0.6 is 0 Å². The quantitative estimate of drug-likeness (QED) is 0.852. The Kier molecular flexibility index (Phi) is 3.44. The molecule has 3 heteroatoms. The van der Waals surface area contributed by atoms with Crippen molar-refractivity contribution in [3.05, 3.63) is 22.9 Å². The Balaban J connectivity index is 2.23. The zero-order valence-electron chi connectivity index (χ0n) is 9.99. The number of aliphatic hydroxyl groups excluding tert-OH is 1. The predicted molar refractivity (Wildman–Crippen MR) is 62.5 cm³/mol. The van der Waals surface area contributed by atoms with Crippen molar-refractivity contribution in [2.24, 2.45) is 0 Å². The van der Waals surface area contributed by atoms with Crippen LogP contribution in [0.2, 0.25) is 0 Å². The van der Waals surface area contributed by atoms with Gasteiger partial charge in [0.15, 0.2) is 0 Å². The summed E-state index contributed by atoms with van der Waals surface area (Å²) in [4.78, 5) is 4.39. The molecule has 2 rings (SSSR count). The highest BCUT2D eigenvalue weighted by Gasteiger charge is 2.19. The predicted octanol–water partition coefficient (Wildman–Crippen LogP) is 2.51. The number of ether oxygens (including phenoxy) is 1. The third kappa shape index (κ3) is 2.35. The minimum Gasteiger partial charge on any atom is -0.474 e. The molecule has 1 aromatic heterocycles. The van der Waals surface area contributed by atoms with Crippen molar-refractivity contribution < 1.29 is 9.84 Å². The normalized spacial score (nSPS) is 16.7. The molecular weight excluding hydrogens is 202 g/mol. The van der Waals surface area contributed by atoms with Crippen molar-refractivity contribution in [1.29, 1.82) is 0 Å². The fraction of sp³-hybridized carbons (Fsp3) is 0.615. The molecule has 0 saturated heterocycles. The molecule has 0 atom stereocenters. The fourth-order valence-electron chi connectivity index (χ4n) is 2.28. The van der Waals surface area contributed by atoms with E-state index in [-0.39, 0.29) is 6.61 Å². The molecule has 1 aliphatic rings. The lowest BCUT2D eigenvalue weighted by molar-refractivity contribution is 0.190. The summed E-state index contributed by atoms with van der Waals surface area (Å²) >= 11 is 0. The first-order chi connectivity index (χ1) is 7.70. The summed E-state index contributed by atoms with van der Waals surface area (Å²) < 4.78 is 5.89. The van der Waals surface area contributed by atoms with Gasteiger partial charge in [-0.3, -0.25) is 0 Å². The van der Waals surface area contributed by atoms with E-state index in [1.807, 2.05) is 19.9 Å². The number of nitrogens with zero attached hydrogens (tertiary/aromatic N) is 1. The van der Waals surface area contributed by atoms with Gasteiger partial charge in [0.1, 0.15) is 6.10 Å². The summed E-state index contributed by atoms with van der Waals surface area (Å²) in [6, 6.07) is 1.98. The van der Waals surface area contributed by atoms with E-state index in [1.165, 1.54) is 12.8 Å². The van der Waals surface area contributed by atoms with Crippen LogP contribution < -0.4 is 4.74 Å². The van der Waals surface area contributed by atoms with Crippen LogP contribution in [0.4, 0.5) is 0 Å². The third-order valence-electron chi connectivity index (χ3n) is 3.18. The molecule has 1 saturated carbocycles. The lowest BCUT2D eigenvalue weighted by Gasteiger charge is -2.16. The van der Waals surface area contributed by atoms with Crippen LogP contribution in [0.15, 0.2) is 6.07 Å². The monoisotopic (exact) mass is 221 g/mol. The van der Waals surface area contributed by atoms with Gasteiger partial charge < -0.3 is 9.84 Å². The van der Waals surface area contributed by atoms with E-state index in [1.54, 1.807) is 0 Å². The molecular formula is C13H19NO2. The molecule has 1 aliphatic carbocycles. The maximum Gasteiger partial charge on any atom is 0.219 e. The Morgan fingerprint density at radius 2 is 2.06 bits per heavy atom. The molecule has 0 aromatic carbocycles. The zero-order chi connectivity index (χ0) is 11.5. The van der Waals surface area contributed by atoms with Gasteiger partial charge in [-0.05, 0) is 51.2 Å². The summed E-state index contributed by atoms with van der Waals surface area (Å²) in [5, 5.41) is 9.34. The Hall–Kier alpha value is -1.09. The van der Waals surface area contributed by atoms with Gasteiger partial charge in [-0.25, -0.2) is 4.98 Å². The van der Waals surface area contributed by atoms with Crippen molar-refractivity contribution in [3.8, 4) is 5.88 Å². The van der Waals surface area contributed by atoms with Crippen molar-refractivity contribution >= 4 is 0 Å². The minimum absolute atomic E-state index is 0.00116. The maximum absolute atomic E-state index is 9.34. The summed E-state index contributed by atoms with van der Waals surface area (Å²) in [5.74, 6) is 0.631. The van der Waals surface area contributed by atoms with Crippen molar-refractivity contribution in [2.75, 3.05) is 0 Å². The molecule has 1 heterocycles. The van der Waals surface area contributed by atoms with Gasteiger partial charge in [0.05, 0.1) is 6.61 Å². The fourth-order valence-corrected chi connectivity index (χ4v) is 2.28. The van der Waals surface area contributed by atoms with Gasteiger partial charge >= 0.3 is 0 Å². The maximum atomic E-state index is 9.34. The number of aromatic nitrogens is 1. The van der Waals surface area contributed by atoms with Crippen LogP contribution in [-0.2, 0) is 6.61 Å². The van der Waals surface area contributed by atoms with Crippen molar-refractivity contribution in [3.63, 3.8) is 0 Å². The van der Waals surface area contributed by atoms with Crippen LogP contribution in [0.25, 0.3) is 0 Å². The van der Waals surface area contributed by atoms with Gasteiger partial charge in [0.25, 0.3) is 0 Å². The number of pyridine rings is 1. The highest BCUT2D eigenvalue weighted by Crippen LogP contribution is 2.27. The lowest BCUT2D eigenvalue weighted by atomic mass is 10.1. The molecule has 0 bridgehead atoms. The summed E-state index contributed by atoms with van der Waals surface area (Å²) in [5.41, 5.74) is 2.84. The van der Waals surface area contributed by atoms with E-state index in [4.69, 9.17) is 4.74 Å². The molecule has 3 nitrogen and oxygen atoms in total. The number of hydrogen-bond acceptors (Lipinski definition) is 3. The summed E-state index contributed by atoms with van der Waals surface area (Å²) in [7, 11) is 0. The van der Waals surface area contributed by atoms with Crippen LogP contribution in [0, 0.1) is 13.8 Å². The second-order valence-electron chi connectivity index (χ2n) is 4.55. The van der Waals surface area contributed by atoms with Crippen molar-refractivity contribution in [1.82, 2.24) is 4.98 Å². The number of hydrogen-bond donors (Lipinski definition) is 1. The molecule has 88 valence electrons. The minimum atomic E-state index is 0.00116. The zero-order valence-corrected chi connectivity index (χ0v) is 9.99. The van der Waals surface area contributed by atoms with Crippen LogP contribution in [-0.4, -0.2) is 16.2 Å². The van der Waals surface area contributed by atoms with Gasteiger partial charge in [-0.15, -0.1) is 0 Å². The van der Waals surface area contributed by atoms with E-state index in [9.17, 15) is 5.11 Å². The van der Waals surface area contributed by atoms with Gasteiger partial charge in [-0.1, -0.05) is 0 Å². The van der Waals surface area contributed by atoms with Gasteiger partial charge in [0.2, 0.25) is 5.88 Å². The van der Waals surface area contributed by atoms with Crippen LogP contribution in [0.5, 0.6) is 5.88 Å². The first-order valence-electron chi connectivity index (χ1n) is 5.95. The van der Waals surface area contributed by atoms with E-state index < -0.39 is 0 Å². The molecule has 1 aromatic rings. The topological polar surface area (TPSA) is 42.4 Å². The largest absolute Gasteiger partial charge is 0.474 e. The third-order valence-corrected chi connectivity index (χ3v) is 3.18. The molecule has 1 N–H and O–H groups in total. The van der Waals surface area contributed by atoms with E-state index in [0.29, 0.717) is 12.0 Å². The first-order valence-corrected chi connectivity index (χ1v) is 5.95. The SMILES string of the molecule is Cc1cc(C)c(CO)c(OC2CCCC2)n1. The van der Waals surface area contributed by atoms with Crippen LogP contribution in [0.3, 0.4) is 0 Å². The molecule has 0 aliphatic heterocycles. The number of aliphatic hydroxyl groups is 1. The smallest absolute Gasteiger partial charge is 0.219 e. The Labute approximate surface area is 96.5 Å². The average Bonchev–Trinajstić information content (AvgIpc) is 2.70. The molecule has 0 radical (unpaired) electrons. The first kappa shape index (κ1) is 11.4. The summed E-state index contributed by atoms with van der Waals surface area (Å²) in [6.45, 7) is 3.94. The summed E-state index contributed by atoms with van der Waals surface area (Å²) in [6.07, 6.45) is 4.99. The second kappa shape index (κ2) is 4.83. The Morgan fingerprint density at radius 3 is 2.69 bits per heavy atom. The van der Waals surface area contributed by atoms with Crippen LogP contribution in [0.1, 0.15) is 42.5 Å². The molecule has 0 spiro atoms. The molecule has 0 amide bonds. The van der Waals surface area contributed by atoms with E-state index in [2.05, 4.69) is 4.98 Å². The molecule has 0 unspecified atom stereocenters. The molecule has 1 fully saturated rings. The van der Waals surface area contributed by atoms with Crippen molar-refractivity contribution in [2.45, 2.75) is 52.2 Å². The Bertz CT molecular complexity index is 370. The Morgan fingerprint density at radius 1 is 1.38 bits per heavy atom.